The number of fused-ring (bicyclic) bond motifs is 1. The molecule has 0 radical (unpaired) electrons. The fraction of sp³-hybridized carbons (Fsp3) is 0.444. The Morgan fingerprint density at radius 2 is 2.18 bits per heavy atom. The largest absolute Gasteiger partial charge is 0.392 e. The van der Waals surface area contributed by atoms with Crippen molar-refractivity contribution in [3.63, 3.8) is 0 Å². The van der Waals surface area contributed by atoms with Crippen molar-refractivity contribution in [1.82, 2.24) is 19.1 Å². The van der Waals surface area contributed by atoms with Crippen LogP contribution in [0, 0.1) is 0 Å². The Balaban J connectivity index is 2.87. The summed E-state index contributed by atoms with van der Waals surface area (Å²) in [5.74, 6) is 0.0904. The van der Waals surface area contributed by atoms with Crippen molar-refractivity contribution in [3.8, 4) is 0 Å². The summed E-state index contributed by atoms with van der Waals surface area (Å²) in [4.78, 5) is 29.2. The monoisotopic (exact) mass is 239 g/mol. The maximum atomic E-state index is 11.7. The van der Waals surface area contributed by atoms with E-state index in [-0.39, 0.29) is 23.7 Å². The number of H-pyrrole nitrogens is 1. The molecule has 0 aliphatic carbocycles. The van der Waals surface area contributed by atoms with Gasteiger partial charge in [-0.2, -0.15) is 4.98 Å². The lowest BCUT2D eigenvalue weighted by Gasteiger charge is -2.07. The van der Waals surface area contributed by atoms with Gasteiger partial charge in [-0.1, -0.05) is 0 Å². The van der Waals surface area contributed by atoms with Crippen LogP contribution >= 0.6 is 0 Å². The average molecular weight is 239 g/mol. The minimum absolute atomic E-state index is 0.0904. The van der Waals surface area contributed by atoms with Gasteiger partial charge in [0.1, 0.15) is 0 Å². The minimum atomic E-state index is -0.675. The van der Waals surface area contributed by atoms with E-state index in [1.807, 2.05) is 0 Å². The highest BCUT2D eigenvalue weighted by Gasteiger charge is 2.16. The first-order valence-corrected chi connectivity index (χ1v) is 5.05. The molecule has 4 N–H and O–H groups in total. The molecular formula is C9H13N5O3. The molecule has 17 heavy (non-hydrogen) atoms. The van der Waals surface area contributed by atoms with Crippen LogP contribution in [0.5, 0.6) is 0 Å². The van der Waals surface area contributed by atoms with E-state index in [0.29, 0.717) is 0 Å². The zero-order chi connectivity index (χ0) is 12.7. The molecule has 0 spiro atoms. The van der Waals surface area contributed by atoms with Crippen LogP contribution in [0.4, 0.5) is 5.95 Å². The predicted octanol–water partition coefficient (Wildman–Crippen LogP) is -1.61. The summed E-state index contributed by atoms with van der Waals surface area (Å²) in [7, 11) is 1.49. The molecule has 1 unspecified atom stereocenters. The maximum absolute atomic E-state index is 11.7. The van der Waals surface area contributed by atoms with Gasteiger partial charge in [0.15, 0.2) is 11.2 Å². The summed E-state index contributed by atoms with van der Waals surface area (Å²) in [6.45, 7) is 1.71. The SMILES string of the molecule is CC(O)Cn1c(N)nc2c1c(=O)[nH]c(=O)n2C. The number of aliphatic hydroxyl groups is 1. The Bertz CT molecular complexity index is 678. The summed E-state index contributed by atoms with van der Waals surface area (Å²) in [5, 5.41) is 9.34. The number of aliphatic hydroxyl groups excluding tert-OH is 1. The molecule has 1 atom stereocenters. The Morgan fingerprint density at radius 3 is 2.76 bits per heavy atom. The fourth-order valence-corrected chi connectivity index (χ4v) is 1.70. The molecule has 8 heteroatoms. The number of aromatic amines is 1. The van der Waals surface area contributed by atoms with E-state index in [0.717, 1.165) is 0 Å². The van der Waals surface area contributed by atoms with Crippen molar-refractivity contribution in [2.45, 2.75) is 19.6 Å². The van der Waals surface area contributed by atoms with Gasteiger partial charge in [-0.05, 0) is 6.92 Å². The lowest BCUT2D eigenvalue weighted by Crippen LogP contribution is -2.29. The molecule has 0 bridgehead atoms. The van der Waals surface area contributed by atoms with Crippen LogP contribution in [0.15, 0.2) is 9.59 Å². The number of nitrogens with one attached hydrogen (secondary N) is 1. The third kappa shape index (κ3) is 1.72. The topological polar surface area (TPSA) is 119 Å². The number of aryl methyl sites for hydroxylation is 1. The first kappa shape index (κ1) is 11.4. The van der Waals surface area contributed by atoms with Crippen molar-refractivity contribution in [2.75, 3.05) is 5.73 Å². The molecule has 0 aliphatic heterocycles. The number of rotatable bonds is 2. The van der Waals surface area contributed by atoms with Crippen molar-refractivity contribution < 1.29 is 5.11 Å². The molecule has 0 amide bonds. The zero-order valence-electron chi connectivity index (χ0n) is 9.47. The molecule has 0 saturated heterocycles. The van der Waals surface area contributed by atoms with Gasteiger partial charge in [0.05, 0.1) is 12.6 Å². The van der Waals surface area contributed by atoms with E-state index < -0.39 is 17.4 Å². The lowest BCUT2D eigenvalue weighted by atomic mass is 10.4. The van der Waals surface area contributed by atoms with Gasteiger partial charge in [0, 0.05) is 7.05 Å². The van der Waals surface area contributed by atoms with E-state index in [2.05, 4.69) is 9.97 Å². The third-order valence-electron chi connectivity index (χ3n) is 2.48. The summed E-state index contributed by atoms with van der Waals surface area (Å²) >= 11 is 0. The van der Waals surface area contributed by atoms with Crippen molar-refractivity contribution in [2.24, 2.45) is 7.05 Å². The van der Waals surface area contributed by atoms with Crippen LogP contribution in [0.25, 0.3) is 11.2 Å². The molecule has 8 nitrogen and oxygen atoms in total. The van der Waals surface area contributed by atoms with Crippen LogP contribution in [0.3, 0.4) is 0 Å². The first-order valence-electron chi connectivity index (χ1n) is 5.05. The van der Waals surface area contributed by atoms with E-state index in [1.54, 1.807) is 6.92 Å². The second-order valence-corrected chi connectivity index (χ2v) is 3.92. The maximum Gasteiger partial charge on any atom is 0.329 e. The van der Waals surface area contributed by atoms with E-state index >= 15 is 0 Å². The zero-order valence-corrected chi connectivity index (χ0v) is 9.47. The van der Waals surface area contributed by atoms with Crippen molar-refractivity contribution in [3.05, 3.63) is 20.8 Å². The smallest absolute Gasteiger partial charge is 0.329 e. The second kappa shape index (κ2) is 3.74. The van der Waals surface area contributed by atoms with Crippen molar-refractivity contribution >= 4 is 17.1 Å². The van der Waals surface area contributed by atoms with E-state index in [9.17, 15) is 14.7 Å². The standard InChI is InChI=1S/C9H13N5O3/c1-4(15)3-14-5-6(11-8(14)10)13(2)9(17)12-7(5)16/h4,15H,3H2,1-2H3,(H2,10,11)(H,12,16,17). The number of hydrogen-bond donors (Lipinski definition) is 3. The Hall–Kier alpha value is -2.09. The number of anilines is 1. The second-order valence-electron chi connectivity index (χ2n) is 3.92. The fourth-order valence-electron chi connectivity index (χ4n) is 1.70. The average Bonchev–Trinajstić information content (AvgIpc) is 2.53. The van der Waals surface area contributed by atoms with Gasteiger partial charge in [0.2, 0.25) is 5.95 Å². The van der Waals surface area contributed by atoms with Gasteiger partial charge >= 0.3 is 5.69 Å². The van der Waals surface area contributed by atoms with Crippen LogP contribution in [-0.2, 0) is 13.6 Å². The molecule has 2 aromatic rings. The molecule has 0 fully saturated rings. The van der Waals surface area contributed by atoms with Crippen molar-refractivity contribution in [1.29, 1.82) is 0 Å². The quantitative estimate of drug-likeness (QED) is 0.582. The van der Waals surface area contributed by atoms with Gasteiger partial charge < -0.3 is 15.4 Å². The lowest BCUT2D eigenvalue weighted by molar-refractivity contribution is 0.175. The van der Waals surface area contributed by atoms with Gasteiger partial charge in [-0.25, -0.2) is 4.79 Å². The highest BCUT2D eigenvalue weighted by atomic mass is 16.3. The number of nitrogens with two attached hydrogens (primary N) is 1. The predicted molar refractivity (Wildman–Crippen MR) is 61.7 cm³/mol. The summed E-state index contributed by atoms with van der Waals surface area (Å²) in [6.07, 6.45) is -0.675. The molecule has 0 saturated carbocycles. The third-order valence-corrected chi connectivity index (χ3v) is 2.48. The molecular weight excluding hydrogens is 226 g/mol. The molecule has 92 valence electrons. The molecule has 2 heterocycles. The summed E-state index contributed by atoms with van der Waals surface area (Å²) in [6, 6.07) is 0. The molecule has 0 aliphatic rings. The molecule has 2 rings (SSSR count). The Morgan fingerprint density at radius 1 is 1.53 bits per heavy atom. The number of nitrogens with zero attached hydrogens (tertiary/aromatic N) is 3. The highest BCUT2D eigenvalue weighted by Crippen LogP contribution is 2.12. The van der Waals surface area contributed by atoms with Crippen LogP contribution in [0.2, 0.25) is 0 Å². The van der Waals surface area contributed by atoms with E-state index in [1.165, 1.54) is 16.2 Å². The molecule has 2 aromatic heterocycles. The summed E-state index contributed by atoms with van der Waals surface area (Å²) in [5.41, 5.74) is 4.94. The van der Waals surface area contributed by atoms with Crippen LogP contribution < -0.4 is 17.0 Å². The first-order chi connectivity index (χ1) is 7.91. The van der Waals surface area contributed by atoms with Gasteiger partial charge in [-0.15, -0.1) is 0 Å². The normalized spacial score (nSPS) is 13.1. The van der Waals surface area contributed by atoms with E-state index in [4.69, 9.17) is 5.73 Å². The van der Waals surface area contributed by atoms with Crippen LogP contribution in [-0.4, -0.2) is 30.3 Å². The minimum Gasteiger partial charge on any atom is -0.392 e. The number of aromatic nitrogens is 4. The summed E-state index contributed by atoms with van der Waals surface area (Å²) < 4.78 is 2.59. The number of hydrogen-bond acceptors (Lipinski definition) is 5. The number of imidazole rings is 1. The highest BCUT2D eigenvalue weighted by molar-refractivity contribution is 5.73. The van der Waals surface area contributed by atoms with Crippen LogP contribution in [0.1, 0.15) is 6.92 Å². The van der Waals surface area contributed by atoms with Gasteiger partial charge in [-0.3, -0.25) is 14.3 Å². The Labute approximate surface area is 95.3 Å². The van der Waals surface area contributed by atoms with Gasteiger partial charge in [0.25, 0.3) is 5.56 Å². The molecule has 0 aromatic carbocycles. The Kier molecular flexibility index (Phi) is 2.50. The number of nitrogen functional groups attached to an aromatic ring is 1.